The van der Waals surface area contributed by atoms with E-state index in [4.69, 9.17) is 5.73 Å². The number of thiazole rings is 1. The number of nitrogens with two attached hydrogens (primary N) is 1. The molecule has 0 aliphatic carbocycles. The van der Waals surface area contributed by atoms with Gasteiger partial charge in [-0.25, -0.2) is 4.98 Å². The summed E-state index contributed by atoms with van der Waals surface area (Å²) in [5.41, 5.74) is 7.59. The minimum Gasteiger partial charge on any atom is -0.330 e. The number of piperidine rings is 1. The first-order valence-electron chi connectivity index (χ1n) is 7.60. The average molecular weight is 343 g/mol. The Kier molecular flexibility index (Phi) is 5.97. The van der Waals surface area contributed by atoms with Crippen LogP contribution >= 0.6 is 23.7 Å². The molecule has 7 heteroatoms. The number of likely N-dealkylation sites (tertiary alicyclic amines) is 1. The molecule has 0 spiro atoms. The van der Waals surface area contributed by atoms with Crippen LogP contribution in [-0.4, -0.2) is 33.4 Å². The summed E-state index contributed by atoms with van der Waals surface area (Å²) in [6.45, 7) is 4.50. The molecule has 1 saturated heterocycles. The average Bonchev–Trinajstić information content (AvgIpc) is 2.83. The summed E-state index contributed by atoms with van der Waals surface area (Å²) in [5, 5.41) is 1.98. The summed E-state index contributed by atoms with van der Waals surface area (Å²) in [4.78, 5) is 20.1. The van der Waals surface area contributed by atoms with Gasteiger partial charge in [-0.1, -0.05) is 6.42 Å². The highest BCUT2D eigenvalue weighted by Gasteiger charge is 2.22. The van der Waals surface area contributed by atoms with Crippen LogP contribution in [0.5, 0.6) is 0 Å². The van der Waals surface area contributed by atoms with E-state index >= 15 is 0 Å². The Bertz CT molecular complexity index is 682. The Balaban J connectivity index is 0.00000176. The topological polar surface area (TPSA) is 63.6 Å². The monoisotopic (exact) mass is 342 g/mol. The maximum Gasteiger partial charge on any atom is 0.259 e. The number of hydrogen-bond acceptors (Lipinski definition) is 5. The van der Waals surface area contributed by atoms with Crippen molar-refractivity contribution in [3.8, 4) is 0 Å². The fraction of sp³-hybridized carbons (Fsp3) is 0.600. The molecule has 0 amide bonds. The Morgan fingerprint density at radius 3 is 3.05 bits per heavy atom. The van der Waals surface area contributed by atoms with Crippen LogP contribution in [0.1, 0.15) is 37.1 Å². The fourth-order valence-corrected chi connectivity index (χ4v) is 4.07. The first-order valence-corrected chi connectivity index (χ1v) is 8.48. The van der Waals surface area contributed by atoms with E-state index in [1.54, 1.807) is 10.5 Å². The Morgan fingerprint density at radius 2 is 2.27 bits per heavy atom. The molecule has 1 unspecified atom stereocenters. The fourth-order valence-electron chi connectivity index (χ4n) is 3.18. The van der Waals surface area contributed by atoms with Crippen LogP contribution in [0, 0.1) is 6.92 Å². The van der Waals surface area contributed by atoms with Gasteiger partial charge in [0.15, 0.2) is 4.96 Å². The van der Waals surface area contributed by atoms with Crippen molar-refractivity contribution in [2.75, 3.05) is 13.1 Å². The summed E-state index contributed by atoms with van der Waals surface area (Å²) in [7, 11) is 0. The first-order chi connectivity index (χ1) is 10.2. The van der Waals surface area contributed by atoms with Crippen molar-refractivity contribution in [3.05, 3.63) is 33.2 Å². The first kappa shape index (κ1) is 17.4. The van der Waals surface area contributed by atoms with E-state index in [9.17, 15) is 4.79 Å². The molecular weight excluding hydrogens is 320 g/mol. The molecule has 0 saturated carbocycles. The van der Waals surface area contributed by atoms with Gasteiger partial charge in [-0.15, -0.1) is 23.7 Å². The molecule has 2 aromatic rings. The highest BCUT2D eigenvalue weighted by molar-refractivity contribution is 7.15. The number of aromatic nitrogens is 2. The molecule has 1 atom stereocenters. The van der Waals surface area contributed by atoms with Crippen LogP contribution in [0.4, 0.5) is 0 Å². The molecule has 1 fully saturated rings. The van der Waals surface area contributed by atoms with Gasteiger partial charge in [0, 0.05) is 29.7 Å². The number of hydrogen-bond donors (Lipinski definition) is 1. The Morgan fingerprint density at radius 1 is 1.45 bits per heavy atom. The van der Waals surface area contributed by atoms with Crippen molar-refractivity contribution >= 4 is 28.7 Å². The van der Waals surface area contributed by atoms with E-state index in [-0.39, 0.29) is 18.0 Å². The van der Waals surface area contributed by atoms with E-state index in [1.807, 2.05) is 12.3 Å². The smallest absolute Gasteiger partial charge is 0.259 e. The summed E-state index contributed by atoms with van der Waals surface area (Å²) in [6.07, 6.45) is 4.73. The third kappa shape index (κ3) is 3.51. The predicted octanol–water partition coefficient (Wildman–Crippen LogP) is 2.19. The molecule has 3 heterocycles. The number of halogens is 1. The van der Waals surface area contributed by atoms with Crippen LogP contribution in [0.25, 0.3) is 4.96 Å². The van der Waals surface area contributed by atoms with Gasteiger partial charge in [0.2, 0.25) is 0 Å². The third-order valence-electron chi connectivity index (χ3n) is 4.24. The normalized spacial score (nSPS) is 19.3. The zero-order valence-electron chi connectivity index (χ0n) is 12.8. The van der Waals surface area contributed by atoms with Crippen LogP contribution < -0.4 is 11.3 Å². The largest absolute Gasteiger partial charge is 0.330 e. The molecule has 1 aliphatic rings. The highest BCUT2D eigenvalue weighted by Crippen LogP contribution is 2.21. The number of nitrogens with zero attached hydrogens (tertiary/aromatic N) is 3. The molecule has 122 valence electrons. The molecule has 1 aliphatic heterocycles. The molecule has 0 radical (unpaired) electrons. The third-order valence-corrected chi connectivity index (χ3v) is 5.19. The van der Waals surface area contributed by atoms with Gasteiger partial charge in [-0.3, -0.25) is 14.1 Å². The predicted molar refractivity (Wildman–Crippen MR) is 93.0 cm³/mol. The van der Waals surface area contributed by atoms with Crippen LogP contribution in [0.2, 0.25) is 0 Å². The van der Waals surface area contributed by atoms with Crippen LogP contribution in [0.15, 0.2) is 16.2 Å². The van der Waals surface area contributed by atoms with Gasteiger partial charge < -0.3 is 5.73 Å². The van der Waals surface area contributed by atoms with Gasteiger partial charge in [0.1, 0.15) is 0 Å². The highest BCUT2D eigenvalue weighted by atomic mass is 35.5. The van der Waals surface area contributed by atoms with Gasteiger partial charge in [0.25, 0.3) is 5.56 Å². The van der Waals surface area contributed by atoms with Crippen molar-refractivity contribution in [2.24, 2.45) is 5.73 Å². The molecule has 0 aromatic carbocycles. The molecule has 22 heavy (non-hydrogen) atoms. The SMILES string of the molecule is Cc1csc2nc(CN3CCCCC3CCN)cc(=O)n12.Cl. The lowest BCUT2D eigenvalue weighted by Crippen LogP contribution is -2.40. The minimum absolute atomic E-state index is 0. The van der Waals surface area contributed by atoms with Gasteiger partial charge in [0.05, 0.1) is 5.69 Å². The van der Waals surface area contributed by atoms with Crippen molar-refractivity contribution in [3.63, 3.8) is 0 Å². The summed E-state index contributed by atoms with van der Waals surface area (Å²) in [5.74, 6) is 0. The zero-order valence-corrected chi connectivity index (χ0v) is 14.5. The Labute approximate surface area is 140 Å². The van der Waals surface area contributed by atoms with E-state index in [0.717, 1.165) is 42.4 Å². The Hall–Kier alpha value is -0.950. The second-order valence-corrected chi connectivity index (χ2v) is 6.61. The van der Waals surface area contributed by atoms with Crippen molar-refractivity contribution < 1.29 is 0 Å². The van der Waals surface area contributed by atoms with Crippen LogP contribution in [-0.2, 0) is 6.54 Å². The van der Waals surface area contributed by atoms with E-state index < -0.39 is 0 Å². The molecule has 2 N–H and O–H groups in total. The molecule has 2 aromatic heterocycles. The maximum atomic E-state index is 12.2. The number of aryl methyl sites for hydroxylation is 1. The van der Waals surface area contributed by atoms with Gasteiger partial charge in [-0.2, -0.15) is 0 Å². The molecule has 3 rings (SSSR count). The second-order valence-electron chi connectivity index (χ2n) is 5.78. The van der Waals surface area contributed by atoms with Crippen molar-refractivity contribution in [1.29, 1.82) is 0 Å². The minimum atomic E-state index is 0. The lowest BCUT2D eigenvalue weighted by molar-refractivity contribution is 0.132. The maximum absolute atomic E-state index is 12.2. The van der Waals surface area contributed by atoms with E-state index in [0.29, 0.717) is 6.04 Å². The standard InChI is InChI=1S/C15H22N4OS.ClH/c1-11-10-21-15-17-12(8-14(20)19(11)15)9-18-7-3-2-4-13(18)5-6-16;/h8,10,13H,2-7,9,16H2,1H3;1H. The lowest BCUT2D eigenvalue weighted by Gasteiger charge is -2.35. The molecule has 5 nitrogen and oxygen atoms in total. The molecule has 0 bridgehead atoms. The summed E-state index contributed by atoms with van der Waals surface area (Å²) < 4.78 is 1.68. The van der Waals surface area contributed by atoms with Gasteiger partial charge >= 0.3 is 0 Å². The summed E-state index contributed by atoms with van der Waals surface area (Å²) in [6, 6.07) is 2.22. The van der Waals surface area contributed by atoms with Gasteiger partial charge in [-0.05, 0) is 39.3 Å². The second kappa shape index (κ2) is 7.55. The van der Waals surface area contributed by atoms with E-state index in [2.05, 4.69) is 9.88 Å². The summed E-state index contributed by atoms with van der Waals surface area (Å²) >= 11 is 1.53. The quantitative estimate of drug-likeness (QED) is 0.925. The number of rotatable bonds is 4. The zero-order chi connectivity index (χ0) is 14.8. The lowest BCUT2D eigenvalue weighted by atomic mass is 9.99. The van der Waals surface area contributed by atoms with Crippen LogP contribution in [0.3, 0.4) is 0 Å². The molecular formula is C15H23ClN4OS. The van der Waals surface area contributed by atoms with Crippen molar-refractivity contribution in [1.82, 2.24) is 14.3 Å². The van der Waals surface area contributed by atoms with E-state index in [1.165, 1.54) is 30.6 Å². The number of fused-ring (bicyclic) bond motifs is 1. The van der Waals surface area contributed by atoms with Crippen molar-refractivity contribution in [2.45, 2.75) is 45.2 Å².